The summed E-state index contributed by atoms with van der Waals surface area (Å²) in [5.74, 6) is -0.956. The van der Waals surface area contributed by atoms with E-state index in [-0.39, 0.29) is 37.0 Å². The van der Waals surface area contributed by atoms with E-state index in [0.29, 0.717) is 10.6 Å². The Morgan fingerprint density at radius 1 is 0.879 bits per heavy atom. The molecule has 1 fully saturated rings. The minimum Gasteiger partial charge on any atom is -0.452 e. The van der Waals surface area contributed by atoms with Crippen molar-refractivity contribution < 1.29 is 22.7 Å². The predicted molar refractivity (Wildman–Crippen MR) is 123 cm³/mol. The molecular formula is C23H22ClN3O5S. The van der Waals surface area contributed by atoms with Crippen molar-refractivity contribution in [1.82, 2.24) is 13.8 Å². The molecule has 8 nitrogen and oxygen atoms in total. The number of carbonyl (C=O) groups excluding carboxylic acids is 2. The van der Waals surface area contributed by atoms with Crippen molar-refractivity contribution in [3.8, 4) is 5.69 Å². The monoisotopic (exact) mass is 487 g/mol. The number of aromatic nitrogens is 1. The summed E-state index contributed by atoms with van der Waals surface area (Å²) >= 11 is 5.83. The molecule has 10 heteroatoms. The predicted octanol–water partition coefficient (Wildman–Crippen LogP) is 2.82. The molecule has 2 heterocycles. The largest absolute Gasteiger partial charge is 0.452 e. The van der Waals surface area contributed by atoms with Crippen LogP contribution in [0.4, 0.5) is 0 Å². The van der Waals surface area contributed by atoms with Gasteiger partial charge in [-0.25, -0.2) is 13.2 Å². The lowest BCUT2D eigenvalue weighted by atomic mass is 10.2. The van der Waals surface area contributed by atoms with E-state index in [1.807, 2.05) is 29.1 Å². The van der Waals surface area contributed by atoms with E-state index in [1.54, 1.807) is 24.3 Å². The molecule has 172 valence electrons. The number of rotatable bonds is 6. The van der Waals surface area contributed by atoms with Gasteiger partial charge in [0.05, 0.1) is 10.5 Å². The molecule has 3 aromatic rings. The molecular weight excluding hydrogens is 466 g/mol. The molecule has 1 saturated heterocycles. The Morgan fingerprint density at radius 2 is 1.48 bits per heavy atom. The molecule has 33 heavy (non-hydrogen) atoms. The number of ether oxygens (including phenoxy) is 1. The summed E-state index contributed by atoms with van der Waals surface area (Å²) in [6, 6.07) is 16.6. The average Bonchev–Trinajstić information content (AvgIpc) is 3.38. The van der Waals surface area contributed by atoms with Crippen molar-refractivity contribution in [2.75, 3.05) is 32.8 Å². The highest BCUT2D eigenvalue weighted by Gasteiger charge is 2.30. The van der Waals surface area contributed by atoms with Crippen molar-refractivity contribution in [2.45, 2.75) is 4.90 Å². The highest BCUT2D eigenvalue weighted by atomic mass is 35.5. The van der Waals surface area contributed by atoms with Gasteiger partial charge in [-0.1, -0.05) is 11.6 Å². The second-order valence-corrected chi connectivity index (χ2v) is 9.83. The van der Waals surface area contributed by atoms with E-state index < -0.39 is 22.6 Å². The van der Waals surface area contributed by atoms with Gasteiger partial charge in [-0.15, -0.1) is 0 Å². The zero-order chi connectivity index (χ0) is 23.4. The number of hydrogen-bond donors (Lipinski definition) is 0. The Morgan fingerprint density at radius 3 is 2.09 bits per heavy atom. The molecule has 1 aliphatic rings. The van der Waals surface area contributed by atoms with Gasteiger partial charge in [0.1, 0.15) is 0 Å². The molecule has 0 spiro atoms. The van der Waals surface area contributed by atoms with Gasteiger partial charge in [-0.3, -0.25) is 4.79 Å². The Bertz CT molecular complexity index is 1220. The van der Waals surface area contributed by atoms with Crippen LogP contribution in [0.5, 0.6) is 0 Å². The van der Waals surface area contributed by atoms with Gasteiger partial charge in [0, 0.05) is 49.3 Å². The molecule has 4 rings (SSSR count). The molecule has 0 unspecified atom stereocenters. The SMILES string of the molecule is O=C(OCC(=O)N1CCN(S(=O)(=O)c2ccc(Cl)cc2)CC1)c1ccc(-n2cccc2)cc1. The molecule has 0 bridgehead atoms. The lowest BCUT2D eigenvalue weighted by molar-refractivity contribution is -0.135. The number of hydrogen-bond acceptors (Lipinski definition) is 5. The number of esters is 1. The summed E-state index contributed by atoms with van der Waals surface area (Å²) in [6.45, 7) is 0.350. The molecule has 0 N–H and O–H groups in total. The molecule has 0 radical (unpaired) electrons. The smallest absolute Gasteiger partial charge is 0.338 e. The van der Waals surface area contributed by atoms with Crippen molar-refractivity contribution in [3.05, 3.63) is 83.6 Å². The minimum absolute atomic E-state index is 0.156. The van der Waals surface area contributed by atoms with Crippen molar-refractivity contribution in [1.29, 1.82) is 0 Å². The van der Waals surface area contributed by atoms with Crippen LogP contribution < -0.4 is 0 Å². The quantitative estimate of drug-likeness (QED) is 0.499. The molecule has 1 aromatic heterocycles. The summed E-state index contributed by atoms with van der Waals surface area (Å²) in [4.78, 5) is 26.4. The second-order valence-electron chi connectivity index (χ2n) is 7.45. The average molecular weight is 488 g/mol. The molecule has 0 atom stereocenters. The van der Waals surface area contributed by atoms with Gasteiger partial charge < -0.3 is 14.2 Å². The first-order chi connectivity index (χ1) is 15.8. The fourth-order valence-corrected chi connectivity index (χ4v) is 5.06. The third-order valence-corrected chi connectivity index (χ3v) is 7.54. The van der Waals surface area contributed by atoms with Gasteiger partial charge in [-0.2, -0.15) is 4.31 Å². The van der Waals surface area contributed by atoms with Crippen molar-refractivity contribution in [3.63, 3.8) is 0 Å². The van der Waals surface area contributed by atoms with Crippen LogP contribution in [0.3, 0.4) is 0 Å². The lowest BCUT2D eigenvalue weighted by Gasteiger charge is -2.33. The summed E-state index contributed by atoms with van der Waals surface area (Å²) in [7, 11) is -3.66. The van der Waals surface area contributed by atoms with Gasteiger partial charge in [-0.05, 0) is 60.7 Å². The maximum atomic E-state index is 12.8. The molecule has 1 aliphatic heterocycles. The first-order valence-corrected chi connectivity index (χ1v) is 12.1. The number of amides is 1. The first kappa shape index (κ1) is 23.0. The normalized spacial score (nSPS) is 14.8. The Hall–Kier alpha value is -3.14. The summed E-state index contributed by atoms with van der Waals surface area (Å²) in [5.41, 5.74) is 1.25. The summed E-state index contributed by atoms with van der Waals surface area (Å²) in [6.07, 6.45) is 3.79. The maximum absolute atomic E-state index is 12.8. The third kappa shape index (κ3) is 5.27. The van der Waals surface area contributed by atoms with Gasteiger partial charge in [0.25, 0.3) is 5.91 Å². The van der Waals surface area contributed by atoms with E-state index in [1.165, 1.54) is 33.5 Å². The Balaban J connectivity index is 1.28. The van der Waals surface area contributed by atoms with E-state index >= 15 is 0 Å². The topological polar surface area (TPSA) is 88.9 Å². The maximum Gasteiger partial charge on any atom is 0.338 e. The molecule has 0 saturated carbocycles. The Kier molecular flexibility index (Phi) is 6.83. The van der Waals surface area contributed by atoms with Crippen molar-refractivity contribution in [2.24, 2.45) is 0 Å². The van der Waals surface area contributed by atoms with Crippen LogP contribution in [-0.2, 0) is 19.6 Å². The minimum atomic E-state index is -3.66. The van der Waals surface area contributed by atoms with Gasteiger partial charge >= 0.3 is 5.97 Å². The number of nitrogens with zero attached hydrogens (tertiary/aromatic N) is 3. The number of sulfonamides is 1. The van der Waals surface area contributed by atoms with E-state index in [9.17, 15) is 18.0 Å². The van der Waals surface area contributed by atoms with Crippen LogP contribution in [0.1, 0.15) is 10.4 Å². The zero-order valence-electron chi connectivity index (χ0n) is 17.6. The number of carbonyl (C=O) groups is 2. The van der Waals surface area contributed by atoms with Crippen LogP contribution >= 0.6 is 11.6 Å². The van der Waals surface area contributed by atoms with E-state index in [0.717, 1.165) is 5.69 Å². The third-order valence-electron chi connectivity index (χ3n) is 5.38. The standard InChI is InChI=1S/C23H22ClN3O5S/c24-19-5-9-21(10-6-19)33(30,31)27-15-13-26(14-16-27)22(28)17-32-23(29)18-3-7-20(8-4-18)25-11-1-2-12-25/h1-12H,13-17H2. The Labute approximate surface area is 197 Å². The van der Waals surface area contributed by atoms with Crippen LogP contribution in [0.25, 0.3) is 5.69 Å². The van der Waals surface area contributed by atoms with Crippen LogP contribution in [0.2, 0.25) is 5.02 Å². The fraction of sp³-hybridized carbons (Fsp3) is 0.217. The molecule has 0 aliphatic carbocycles. The highest BCUT2D eigenvalue weighted by molar-refractivity contribution is 7.89. The highest BCUT2D eigenvalue weighted by Crippen LogP contribution is 2.20. The van der Waals surface area contributed by atoms with E-state index in [4.69, 9.17) is 16.3 Å². The lowest BCUT2D eigenvalue weighted by Crippen LogP contribution is -2.51. The zero-order valence-corrected chi connectivity index (χ0v) is 19.2. The van der Waals surface area contributed by atoms with E-state index in [2.05, 4.69) is 0 Å². The number of benzene rings is 2. The van der Waals surface area contributed by atoms with Crippen LogP contribution in [0, 0.1) is 0 Å². The summed E-state index contributed by atoms with van der Waals surface area (Å²) < 4.78 is 33.9. The van der Waals surface area contributed by atoms with Crippen molar-refractivity contribution >= 4 is 33.5 Å². The van der Waals surface area contributed by atoms with Gasteiger partial charge in [0.15, 0.2) is 6.61 Å². The summed E-state index contributed by atoms with van der Waals surface area (Å²) in [5, 5.41) is 0.454. The molecule has 1 amide bonds. The first-order valence-electron chi connectivity index (χ1n) is 10.3. The number of piperazine rings is 1. The van der Waals surface area contributed by atoms with Crippen LogP contribution in [0.15, 0.2) is 78.0 Å². The number of halogens is 1. The molecule has 2 aromatic carbocycles. The fourth-order valence-electron chi connectivity index (χ4n) is 3.51. The van der Waals surface area contributed by atoms with Gasteiger partial charge in [0.2, 0.25) is 10.0 Å². The second kappa shape index (κ2) is 9.78. The van der Waals surface area contributed by atoms with Crippen LogP contribution in [-0.4, -0.2) is 66.9 Å².